The standard InChI is InChI=1S/C14H8F3N3O/c15-14(16,17)13-18-11-7-6-10(21)8-12(11)20(19-13)9-4-2-1-3-5-9/h1-8H. The molecule has 0 unspecified atom stereocenters. The van der Waals surface area contributed by atoms with Crippen molar-refractivity contribution in [1.29, 1.82) is 0 Å². The van der Waals surface area contributed by atoms with Gasteiger partial charge in [0.25, 0.3) is 5.82 Å². The van der Waals surface area contributed by atoms with Crippen LogP contribution in [-0.4, -0.2) is 14.8 Å². The molecule has 0 atom stereocenters. The van der Waals surface area contributed by atoms with E-state index in [-0.39, 0.29) is 16.8 Å². The molecule has 0 N–H and O–H groups in total. The van der Waals surface area contributed by atoms with Crippen molar-refractivity contribution in [1.82, 2.24) is 14.8 Å². The maximum absolute atomic E-state index is 12.9. The molecule has 0 fully saturated rings. The number of hydrogen-bond donors (Lipinski definition) is 0. The molecule has 0 saturated carbocycles. The summed E-state index contributed by atoms with van der Waals surface area (Å²) in [6.07, 6.45) is -4.67. The molecule has 0 amide bonds. The van der Waals surface area contributed by atoms with Gasteiger partial charge < -0.3 is 0 Å². The second kappa shape index (κ2) is 4.69. The summed E-state index contributed by atoms with van der Waals surface area (Å²) in [5.41, 5.74) is 0.374. The van der Waals surface area contributed by atoms with Crippen LogP contribution in [0.5, 0.6) is 0 Å². The summed E-state index contributed by atoms with van der Waals surface area (Å²) in [4.78, 5) is 14.9. The normalized spacial score (nSPS) is 11.8. The first-order valence-corrected chi connectivity index (χ1v) is 5.99. The second-order valence-electron chi connectivity index (χ2n) is 4.33. The Balaban J connectivity index is 2.36. The Bertz CT molecular complexity index is 812. The van der Waals surface area contributed by atoms with E-state index in [9.17, 15) is 18.0 Å². The molecule has 7 heteroatoms. The Morgan fingerprint density at radius 2 is 1.71 bits per heavy atom. The molecule has 1 aromatic rings. The van der Waals surface area contributed by atoms with Crippen LogP contribution in [0, 0.1) is 0 Å². The molecule has 0 saturated heterocycles. The van der Waals surface area contributed by atoms with E-state index in [0.717, 1.165) is 4.68 Å². The summed E-state index contributed by atoms with van der Waals surface area (Å²) in [5, 5.41) is 3.53. The van der Waals surface area contributed by atoms with Crippen molar-refractivity contribution in [2.75, 3.05) is 0 Å². The fourth-order valence-corrected chi connectivity index (χ4v) is 1.94. The van der Waals surface area contributed by atoms with E-state index < -0.39 is 12.0 Å². The van der Waals surface area contributed by atoms with Crippen molar-refractivity contribution in [3.05, 3.63) is 64.6 Å². The number of benzene rings is 2. The van der Waals surface area contributed by atoms with Crippen LogP contribution >= 0.6 is 0 Å². The molecule has 2 aliphatic rings. The molecule has 0 bridgehead atoms. The largest absolute Gasteiger partial charge is 0.453 e. The first-order valence-electron chi connectivity index (χ1n) is 5.99. The van der Waals surface area contributed by atoms with Gasteiger partial charge in [0.15, 0.2) is 5.43 Å². The fraction of sp³-hybridized carbons (Fsp3) is 0.0714. The minimum absolute atomic E-state index is 0.0563. The number of nitrogens with zero attached hydrogens (tertiary/aromatic N) is 3. The predicted molar refractivity (Wildman–Crippen MR) is 69.3 cm³/mol. The molecule has 0 radical (unpaired) electrons. The molecule has 1 heterocycles. The van der Waals surface area contributed by atoms with Crippen LogP contribution in [0.15, 0.2) is 53.3 Å². The lowest BCUT2D eigenvalue weighted by atomic mass is 10.2. The minimum atomic E-state index is -4.67. The topological polar surface area (TPSA) is 47.8 Å². The van der Waals surface area contributed by atoms with Gasteiger partial charge in [0, 0.05) is 6.07 Å². The third-order valence-corrected chi connectivity index (χ3v) is 2.85. The van der Waals surface area contributed by atoms with Gasteiger partial charge in [-0.25, -0.2) is 9.67 Å². The number of para-hydroxylation sites is 1. The summed E-state index contributed by atoms with van der Waals surface area (Å²) in [7, 11) is 0. The van der Waals surface area contributed by atoms with Crippen molar-refractivity contribution in [2.24, 2.45) is 0 Å². The summed E-state index contributed by atoms with van der Waals surface area (Å²) >= 11 is 0. The predicted octanol–water partition coefficient (Wildman–Crippen LogP) is 2.75. The van der Waals surface area contributed by atoms with Gasteiger partial charge in [-0.15, -0.1) is 5.10 Å². The van der Waals surface area contributed by atoms with Crippen molar-refractivity contribution in [3.63, 3.8) is 0 Å². The zero-order chi connectivity index (χ0) is 15.0. The Morgan fingerprint density at radius 3 is 2.38 bits per heavy atom. The maximum Gasteiger partial charge on any atom is 0.453 e. The number of fused-ring (bicyclic) bond motifs is 1. The number of alkyl halides is 3. The van der Waals surface area contributed by atoms with E-state index in [1.807, 2.05) is 0 Å². The molecular weight excluding hydrogens is 283 g/mol. The average molecular weight is 291 g/mol. The zero-order valence-corrected chi connectivity index (χ0v) is 10.5. The van der Waals surface area contributed by atoms with Gasteiger partial charge in [-0.2, -0.15) is 13.2 Å². The Labute approximate surface area is 116 Å². The second-order valence-corrected chi connectivity index (χ2v) is 4.33. The van der Waals surface area contributed by atoms with E-state index in [2.05, 4.69) is 10.1 Å². The van der Waals surface area contributed by atoms with Crippen LogP contribution in [0.1, 0.15) is 5.82 Å². The first-order chi connectivity index (χ1) is 9.95. The summed E-state index contributed by atoms with van der Waals surface area (Å²) in [5.74, 6) is -1.25. The first kappa shape index (κ1) is 13.3. The molecule has 3 rings (SSSR count). The third kappa shape index (κ3) is 2.49. The van der Waals surface area contributed by atoms with Crippen LogP contribution in [0.3, 0.4) is 0 Å². The quantitative estimate of drug-likeness (QED) is 0.692. The van der Waals surface area contributed by atoms with Gasteiger partial charge in [0.2, 0.25) is 0 Å². The molecule has 106 valence electrons. The lowest BCUT2D eigenvalue weighted by Gasteiger charge is -2.16. The van der Waals surface area contributed by atoms with Crippen molar-refractivity contribution in [2.45, 2.75) is 6.18 Å². The number of rotatable bonds is 1. The van der Waals surface area contributed by atoms with Crippen molar-refractivity contribution >= 4 is 0 Å². The van der Waals surface area contributed by atoms with E-state index in [1.54, 1.807) is 30.3 Å². The lowest BCUT2D eigenvalue weighted by Crippen LogP contribution is -2.20. The highest BCUT2D eigenvalue weighted by atomic mass is 19.4. The molecule has 1 aromatic carbocycles. The van der Waals surface area contributed by atoms with Crippen molar-refractivity contribution < 1.29 is 13.2 Å². The minimum Gasteiger partial charge on any atom is -0.290 e. The number of aromatic nitrogens is 3. The van der Waals surface area contributed by atoms with Crippen molar-refractivity contribution in [3.8, 4) is 17.1 Å². The SMILES string of the molecule is O=c1ccc2nc(C(F)(F)F)nn(-c3ccccc3)c-2c1. The Morgan fingerprint density at radius 1 is 1.00 bits per heavy atom. The van der Waals surface area contributed by atoms with E-state index in [4.69, 9.17) is 0 Å². The summed E-state index contributed by atoms with van der Waals surface area (Å²) in [6, 6.07) is 11.9. The molecule has 21 heavy (non-hydrogen) atoms. The Hall–Kier alpha value is -2.70. The molecular formula is C14H8F3N3O. The monoisotopic (exact) mass is 291 g/mol. The lowest BCUT2D eigenvalue weighted by molar-refractivity contribution is -0.145. The van der Waals surface area contributed by atoms with E-state index in [1.165, 1.54) is 18.2 Å². The molecule has 1 aliphatic heterocycles. The van der Waals surface area contributed by atoms with Crippen LogP contribution < -0.4 is 5.43 Å². The van der Waals surface area contributed by atoms with E-state index in [0.29, 0.717) is 5.69 Å². The highest BCUT2D eigenvalue weighted by molar-refractivity contribution is 5.58. The van der Waals surface area contributed by atoms with Gasteiger partial charge in [0.05, 0.1) is 17.1 Å². The zero-order valence-electron chi connectivity index (χ0n) is 10.5. The van der Waals surface area contributed by atoms with Gasteiger partial charge in [-0.3, -0.25) is 4.79 Å². The van der Waals surface area contributed by atoms with Gasteiger partial charge in [-0.05, 0) is 24.3 Å². The van der Waals surface area contributed by atoms with E-state index >= 15 is 0 Å². The van der Waals surface area contributed by atoms with Crippen LogP contribution in [0.2, 0.25) is 0 Å². The van der Waals surface area contributed by atoms with Crippen LogP contribution in [0.4, 0.5) is 13.2 Å². The number of hydrogen-bond acceptors (Lipinski definition) is 3. The fourth-order valence-electron chi connectivity index (χ4n) is 1.94. The molecule has 4 nitrogen and oxygen atoms in total. The van der Waals surface area contributed by atoms with Gasteiger partial charge >= 0.3 is 6.18 Å². The average Bonchev–Trinajstić information content (AvgIpc) is 2.46. The summed E-state index contributed by atoms with van der Waals surface area (Å²) in [6.45, 7) is 0. The maximum atomic E-state index is 12.9. The number of halogens is 3. The van der Waals surface area contributed by atoms with Crippen LogP contribution in [0.25, 0.3) is 17.1 Å². The van der Waals surface area contributed by atoms with Gasteiger partial charge in [-0.1, -0.05) is 18.2 Å². The summed E-state index contributed by atoms with van der Waals surface area (Å²) < 4.78 is 39.7. The highest BCUT2D eigenvalue weighted by Gasteiger charge is 2.36. The third-order valence-electron chi connectivity index (χ3n) is 2.85. The Kier molecular flexibility index (Phi) is 2.97. The van der Waals surface area contributed by atoms with Gasteiger partial charge in [0.1, 0.15) is 0 Å². The van der Waals surface area contributed by atoms with Crippen LogP contribution in [-0.2, 0) is 6.18 Å². The highest BCUT2D eigenvalue weighted by Crippen LogP contribution is 2.29. The smallest absolute Gasteiger partial charge is 0.290 e. The molecule has 0 aromatic heterocycles. The molecule has 0 spiro atoms. The molecule has 1 aliphatic carbocycles.